The van der Waals surface area contributed by atoms with E-state index in [4.69, 9.17) is 0 Å². The quantitative estimate of drug-likeness (QED) is 0.414. The fourth-order valence-electron chi connectivity index (χ4n) is 3.34. The van der Waals surface area contributed by atoms with Gasteiger partial charge < -0.3 is 4.57 Å². The molecule has 0 amide bonds. The lowest BCUT2D eigenvalue weighted by atomic mass is 10.0. The molecule has 0 unspecified atom stereocenters. The molecular formula is C21H15F3N. The van der Waals surface area contributed by atoms with E-state index < -0.39 is 17.5 Å². The highest BCUT2D eigenvalue weighted by molar-refractivity contribution is 6.08. The van der Waals surface area contributed by atoms with Crippen LogP contribution in [0.2, 0.25) is 0 Å². The summed E-state index contributed by atoms with van der Waals surface area (Å²) in [5.74, 6) is -3.01. The highest BCUT2D eigenvalue weighted by Gasteiger charge is 2.16. The first-order chi connectivity index (χ1) is 12.1. The molecule has 0 spiro atoms. The second-order valence-electron chi connectivity index (χ2n) is 5.94. The van der Waals surface area contributed by atoms with Crippen LogP contribution < -0.4 is 0 Å². The predicted molar refractivity (Wildman–Crippen MR) is 93.9 cm³/mol. The van der Waals surface area contributed by atoms with Gasteiger partial charge in [0.2, 0.25) is 0 Å². The SMILES string of the molecule is CCn1c2ccccc2c2cc([CH]c3c(F)ccc(F)c3F)ccc21. The molecule has 25 heavy (non-hydrogen) atoms. The number of aryl methyl sites for hydroxylation is 1. The first kappa shape index (κ1) is 15.8. The molecule has 4 rings (SSSR count). The Kier molecular flexibility index (Phi) is 3.75. The Balaban J connectivity index is 1.88. The summed E-state index contributed by atoms with van der Waals surface area (Å²) in [6, 6.07) is 15.4. The van der Waals surface area contributed by atoms with E-state index in [9.17, 15) is 13.2 Å². The lowest BCUT2D eigenvalue weighted by Gasteiger charge is -2.07. The van der Waals surface area contributed by atoms with Gasteiger partial charge in [0, 0.05) is 40.3 Å². The molecule has 4 heteroatoms. The summed E-state index contributed by atoms with van der Waals surface area (Å²) in [6.07, 6.45) is 1.34. The van der Waals surface area contributed by atoms with E-state index in [-0.39, 0.29) is 5.56 Å². The standard InChI is InChI=1S/C21H15F3N/c1-2-25-19-6-4-3-5-14(19)15-11-13(7-10-20(15)25)12-16-17(22)8-9-18(23)21(16)24/h3-12H,2H2,1H3. The van der Waals surface area contributed by atoms with Gasteiger partial charge in [-0.3, -0.25) is 0 Å². The zero-order valence-corrected chi connectivity index (χ0v) is 13.6. The lowest BCUT2D eigenvalue weighted by Crippen LogP contribution is -1.98. The van der Waals surface area contributed by atoms with Crippen molar-refractivity contribution in [3.8, 4) is 0 Å². The molecule has 0 atom stereocenters. The van der Waals surface area contributed by atoms with Gasteiger partial charge in [-0.25, -0.2) is 13.2 Å². The summed E-state index contributed by atoms with van der Waals surface area (Å²) in [4.78, 5) is 0. The third-order valence-electron chi connectivity index (χ3n) is 4.50. The van der Waals surface area contributed by atoms with Gasteiger partial charge in [-0.1, -0.05) is 24.3 Å². The van der Waals surface area contributed by atoms with Crippen LogP contribution in [0.4, 0.5) is 13.2 Å². The average molecular weight is 338 g/mol. The highest BCUT2D eigenvalue weighted by atomic mass is 19.2. The molecule has 1 nitrogen and oxygen atoms in total. The number of aromatic nitrogens is 1. The molecule has 1 radical (unpaired) electrons. The maximum atomic E-state index is 13.9. The molecule has 0 saturated heterocycles. The maximum absolute atomic E-state index is 13.9. The van der Waals surface area contributed by atoms with Crippen LogP contribution in [0.3, 0.4) is 0 Å². The Bertz CT molecular complexity index is 1100. The monoisotopic (exact) mass is 338 g/mol. The van der Waals surface area contributed by atoms with E-state index in [1.54, 1.807) is 6.07 Å². The predicted octanol–water partition coefficient (Wildman–Crippen LogP) is 5.83. The molecule has 1 aromatic heterocycles. The molecule has 0 aliphatic rings. The Labute approximate surface area is 143 Å². The molecule has 125 valence electrons. The van der Waals surface area contributed by atoms with E-state index in [2.05, 4.69) is 11.5 Å². The molecule has 1 heterocycles. The van der Waals surface area contributed by atoms with Crippen molar-refractivity contribution in [3.05, 3.63) is 89.6 Å². The van der Waals surface area contributed by atoms with Crippen LogP contribution in [0.15, 0.2) is 54.6 Å². The first-order valence-electron chi connectivity index (χ1n) is 8.09. The molecule has 0 aliphatic heterocycles. The Morgan fingerprint density at radius 3 is 2.36 bits per heavy atom. The van der Waals surface area contributed by atoms with E-state index in [0.29, 0.717) is 5.56 Å². The molecular weight excluding hydrogens is 323 g/mol. The second kappa shape index (κ2) is 5.96. The fraction of sp³-hybridized carbons (Fsp3) is 0.0952. The minimum Gasteiger partial charge on any atom is -0.341 e. The summed E-state index contributed by atoms with van der Waals surface area (Å²) < 4.78 is 43.4. The zero-order chi connectivity index (χ0) is 17.6. The van der Waals surface area contributed by atoms with Crippen LogP contribution in [0.1, 0.15) is 18.1 Å². The third kappa shape index (κ3) is 2.49. The normalized spacial score (nSPS) is 11.5. The van der Waals surface area contributed by atoms with Crippen molar-refractivity contribution < 1.29 is 13.2 Å². The van der Waals surface area contributed by atoms with Gasteiger partial charge in [-0.05, 0) is 42.8 Å². The van der Waals surface area contributed by atoms with Crippen LogP contribution >= 0.6 is 0 Å². The number of hydrogen-bond acceptors (Lipinski definition) is 0. The van der Waals surface area contributed by atoms with Gasteiger partial charge in [0.25, 0.3) is 0 Å². The summed E-state index contributed by atoms with van der Waals surface area (Å²) in [5, 5.41) is 2.08. The van der Waals surface area contributed by atoms with Crippen LogP contribution in [0, 0.1) is 23.9 Å². The second-order valence-corrected chi connectivity index (χ2v) is 5.94. The average Bonchev–Trinajstić information content (AvgIpc) is 2.95. The molecule has 4 aromatic rings. The number of fused-ring (bicyclic) bond motifs is 3. The summed E-state index contributed by atoms with van der Waals surface area (Å²) in [7, 11) is 0. The molecule has 0 aliphatic carbocycles. The van der Waals surface area contributed by atoms with Gasteiger partial charge in [-0.15, -0.1) is 0 Å². The van der Waals surface area contributed by atoms with Gasteiger partial charge in [0.1, 0.15) is 5.82 Å². The largest absolute Gasteiger partial charge is 0.341 e. The van der Waals surface area contributed by atoms with Crippen LogP contribution in [-0.2, 0) is 6.54 Å². The maximum Gasteiger partial charge on any atom is 0.165 e. The third-order valence-corrected chi connectivity index (χ3v) is 4.50. The number of hydrogen-bond donors (Lipinski definition) is 0. The van der Waals surface area contributed by atoms with Gasteiger partial charge in [0.05, 0.1) is 0 Å². The first-order valence-corrected chi connectivity index (χ1v) is 8.09. The minimum absolute atomic E-state index is 0.362. The Morgan fingerprint density at radius 2 is 1.56 bits per heavy atom. The van der Waals surface area contributed by atoms with E-state index in [0.717, 1.165) is 40.5 Å². The van der Waals surface area contributed by atoms with Crippen molar-refractivity contribution >= 4 is 21.8 Å². The number of benzene rings is 3. The molecule has 0 N–H and O–H groups in total. The van der Waals surface area contributed by atoms with Crippen molar-refractivity contribution in [2.75, 3.05) is 0 Å². The summed E-state index contributed by atoms with van der Waals surface area (Å²) in [6.45, 7) is 2.89. The zero-order valence-electron chi connectivity index (χ0n) is 13.6. The minimum atomic E-state index is -1.17. The van der Waals surface area contributed by atoms with Gasteiger partial charge in [0.15, 0.2) is 11.6 Å². The summed E-state index contributed by atoms with van der Waals surface area (Å²) >= 11 is 0. The van der Waals surface area contributed by atoms with Crippen molar-refractivity contribution in [3.63, 3.8) is 0 Å². The molecule has 3 aromatic carbocycles. The number of para-hydroxylation sites is 1. The topological polar surface area (TPSA) is 4.93 Å². The number of rotatable bonds is 3. The Hall–Kier alpha value is -2.75. The van der Waals surface area contributed by atoms with Crippen molar-refractivity contribution in [1.29, 1.82) is 0 Å². The van der Waals surface area contributed by atoms with E-state index in [1.165, 1.54) is 6.42 Å². The molecule has 0 fully saturated rings. The Morgan fingerprint density at radius 1 is 0.840 bits per heavy atom. The summed E-state index contributed by atoms with van der Waals surface area (Å²) in [5.41, 5.74) is 2.43. The fourth-order valence-corrected chi connectivity index (χ4v) is 3.34. The van der Waals surface area contributed by atoms with Crippen LogP contribution in [0.25, 0.3) is 21.8 Å². The van der Waals surface area contributed by atoms with E-state index in [1.807, 2.05) is 36.4 Å². The van der Waals surface area contributed by atoms with Crippen molar-refractivity contribution in [2.45, 2.75) is 13.5 Å². The highest BCUT2D eigenvalue weighted by Crippen LogP contribution is 2.31. The molecule has 0 saturated carbocycles. The number of nitrogens with zero attached hydrogens (tertiary/aromatic N) is 1. The lowest BCUT2D eigenvalue weighted by molar-refractivity contribution is 0.488. The smallest absolute Gasteiger partial charge is 0.165 e. The van der Waals surface area contributed by atoms with Crippen molar-refractivity contribution in [2.24, 2.45) is 0 Å². The van der Waals surface area contributed by atoms with Gasteiger partial charge >= 0.3 is 0 Å². The number of halogens is 3. The van der Waals surface area contributed by atoms with Crippen LogP contribution in [0.5, 0.6) is 0 Å². The van der Waals surface area contributed by atoms with Gasteiger partial charge in [-0.2, -0.15) is 0 Å². The van der Waals surface area contributed by atoms with Crippen molar-refractivity contribution in [1.82, 2.24) is 4.57 Å². The molecule has 0 bridgehead atoms. The van der Waals surface area contributed by atoms with Crippen LogP contribution in [-0.4, -0.2) is 4.57 Å². The van der Waals surface area contributed by atoms with E-state index >= 15 is 0 Å².